The van der Waals surface area contributed by atoms with E-state index in [-0.39, 0.29) is 18.2 Å². The van der Waals surface area contributed by atoms with Crippen LogP contribution in [-0.4, -0.2) is 28.6 Å². The van der Waals surface area contributed by atoms with Gasteiger partial charge >= 0.3 is 0 Å². The molecule has 0 saturated carbocycles. The summed E-state index contributed by atoms with van der Waals surface area (Å²) in [5.74, 6) is -1.45. The molecule has 23 heavy (non-hydrogen) atoms. The van der Waals surface area contributed by atoms with Gasteiger partial charge in [0.2, 0.25) is 11.8 Å². The number of rotatable bonds is 1. The van der Waals surface area contributed by atoms with Crippen molar-refractivity contribution in [3.05, 3.63) is 41.5 Å². The zero-order valence-electron chi connectivity index (χ0n) is 12.3. The second-order valence-corrected chi connectivity index (χ2v) is 5.86. The van der Waals surface area contributed by atoms with Crippen LogP contribution in [0.5, 0.6) is 0 Å². The van der Waals surface area contributed by atoms with E-state index in [4.69, 9.17) is 0 Å². The molecule has 1 atom stereocenters. The largest absolute Gasteiger partial charge is 0.326 e. The summed E-state index contributed by atoms with van der Waals surface area (Å²) in [6, 6.07) is 4.15. The number of amides is 2. The first-order valence-corrected chi connectivity index (χ1v) is 7.56. The fourth-order valence-corrected chi connectivity index (χ4v) is 3.33. The molecule has 0 bridgehead atoms. The third kappa shape index (κ3) is 2.28. The summed E-state index contributed by atoms with van der Waals surface area (Å²) < 4.78 is 13.4. The van der Waals surface area contributed by atoms with Crippen molar-refractivity contribution in [3.63, 3.8) is 0 Å². The van der Waals surface area contributed by atoms with Crippen LogP contribution in [-0.2, 0) is 16.0 Å². The Morgan fingerprint density at radius 2 is 2.26 bits per heavy atom. The highest BCUT2D eigenvalue weighted by Crippen LogP contribution is 2.36. The molecule has 6 nitrogen and oxygen atoms in total. The molecule has 0 fully saturated rings. The molecule has 0 aliphatic carbocycles. The van der Waals surface area contributed by atoms with Gasteiger partial charge in [0.1, 0.15) is 5.82 Å². The van der Waals surface area contributed by atoms with E-state index < -0.39 is 11.7 Å². The smallest absolute Gasteiger partial charge is 0.235 e. The van der Waals surface area contributed by atoms with Gasteiger partial charge in [-0.15, -0.1) is 0 Å². The summed E-state index contributed by atoms with van der Waals surface area (Å²) >= 11 is 0. The van der Waals surface area contributed by atoms with Gasteiger partial charge in [-0.05, 0) is 30.5 Å². The van der Waals surface area contributed by atoms with Gasteiger partial charge in [0.25, 0.3) is 0 Å². The van der Waals surface area contributed by atoms with Crippen molar-refractivity contribution in [1.82, 2.24) is 10.2 Å². The van der Waals surface area contributed by atoms with Gasteiger partial charge < -0.3 is 10.2 Å². The molecular formula is C16H15FN4O2. The van der Waals surface area contributed by atoms with E-state index >= 15 is 0 Å². The number of benzene rings is 1. The lowest BCUT2D eigenvalue weighted by Crippen LogP contribution is -2.41. The van der Waals surface area contributed by atoms with Crippen molar-refractivity contribution in [2.45, 2.75) is 25.2 Å². The van der Waals surface area contributed by atoms with Crippen molar-refractivity contribution < 1.29 is 14.0 Å². The number of hydrogen-bond acceptors (Lipinski definition) is 3. The number of nitrogens with one attached hydrogen (secondary N) is 2. The Labute approximate surface area is 131 Å². The van der Waals surface area contributed by atoms with Gasteiger partial charge in [-0.25, -0.2) is 4.39 Å². The number of carbonyl (C=O) groups is 2. The second kappa shape index (κ2) is 5.19. The van der Waals surface area contributed by atoms with Crippen LogP contribution in [0, 0.1) is 5.82 Å². The lowest BCUT2D eigenvalue weighted by Gasteiger charge is -2.32. The Kier molecular flexibility index (Phi) is 3.14. The lowest BCUT2D eigenvalue weighted by atomic mass is 9.88. The predicted octanol–water partition coefficient (Wildman–Crippen LogP) is 1.95. The number of aromatic amines is 1. The summed E-state index contributed by atoms with van der Waals surface area (Å²) in [6.45, 7) is 0.597. The molecule has 4 rings (SSSR count). The molecule has 2 aliphatic rings. The molecule has 2 aliphatic heterocycles. The van der Waals surface area contributed by atoms with Gasteiger partial charge in [0.05, 0.1) is 23.5 Å². The molecule has 2 N–H and O–H groups in total. The SMILES string of the molecule is O=C1CC(C(=O)N2CCCc3[nH]ncc32)c2ccc(F)cc2N1. The number of hydrogen-bond donors (Lipinski definition) is 2. The number of halogens is 1. The number of carbonyl (C=O) groups excluding carboxylic acids is 2. The average molecular weight is 314 g/mol. The van der Waals surface area contributed by atoms with E-state index in [0.29, 0.717) is 17.8 Å². The maximum Gasteiger partial charge on any atom is 0.235 e. The molecule has 2 amide bonds. The van der Waals surface area contributed by atoms with Crippen molar-refractivity contribution in [2.24, 2.45) is 0 Å². The third-order valence-corrected chi connectivity index (χ3v) is 4.41. The Bertz CT molecular complexity index is 801. The molecule has 7 heteroatoms. The molecule has 1 aromatic carbocycles. The minimum Gasteiger partial charge on any atom is -0.326 e. The van der Waals surface area contributed by atoms with Crippen LogP contribution >= 0.6 is 0 Å². The van der Waals surface area contributed by atoms with Crippen LogP contribution in [0.25, 0.3) is 0 Å². The number of aromatic nitrogens is 2. The zero-order valence-corrected chi connectivity index (χ0v) is 12.3. The van der Waals surface area contributed by atoms with E-state index in [0.717, 1.165) is 24.2 Å². The van der Waals surface area contributed by atoms with E-state index in [2.05, 4.69) is 15.5 Å². The Balaban J connectivity index is 1.72. The van der Waals surface area contributed by atoms with Crippen molar-refractivity contribution in [2.75, 3.05) is 16.8 Å². The van der Waals surface area contributed by atoms with Gasteiger partial charge in [-0.3, -0.25) is 14.7 Å². The Morgan fingerprint density at radius 1 is 1.39 bits per heavy atom. The number of H-pyrrole nitrogens is 1. The molecule has 2 aromatic rings. The van der Waals surface area contributed by atoms with Gasteiger partial charge in [0.15, 0.2) is 0 Å². The molecule has 0 spiro atoms. The zero-order chi connectivity index (χ0) is 16.0. The van der Waals surface area contributed by atoms with Crippen LogP contribution in [0.4, 0.5) is 15.8 Å². The number of anilines is 2. The van der Waals surface area contributed by atoms with Gasteiger partial charge in [-0.2, -0.15) is 5.10 Å². The predicted molar refractivity (Wildman–Crippen MR) is 81.6 cm³/mol. The summed E-state index contributed by atoms with van der Waals surface area (Å²) in [4.78, 5) is 26.6. The quantitative estimate of drug-likeness (QED) is 0.844. The summed E-state index contributed by atoms with van der Waals surface area (Å²) in [5, 5.41) is 9.55. The van der Waals surface area contributed by atoms with Crippen LogP contribution < -0.4 is 10.2 Å². The van der Waals surface area contributed by atoms with Crippen molar-refractivity contribution >= 4 is 23.2 Å². The van der Waals surface area contributed by atoms with E-state index in [1.807, 2.05) is 0 Å². The maximum absolute atomic E-state index is 13.4. The van der Waals surface area contributed by atoms with E-state index in [9.17, 15) is 14.0 Å². The number of fused-ring (bicyclic) bond motifs is 2. The molecule has 1 unspecified atom stereocenters. The lowest BCUT2D eigenvalue weighted by molar-refractivity contribution is -0.124. The molecule has 3 heterocycles. The van der Waals surface area contributed by atoms with Crippen LogP contribution in [0.1, 0.15) is 30.0 Å². The molecule has 0 saturated heterocycles. The highest BCUT2D eigenvalue weighted by molar-refractivity contribution is 6.06. The van der Waals surface area contributed by atoms with Gasteiger partial charge in [0, 0.05) is 18.7 Å². The van der Waals surface area contributed by atoms with Crippen LogP contribution in [0.3, 0.4) is 0 Å². The maximum atomic E-state index is 13.4. The number of aryl methyl sites for hydroxylation is 1. The van der Waals surface area contributed by atoms with Crippen molar-refractivity contribution in [3.8, 4) is 0 Å². The fourth-order valence-electron chi connectivity index (χ4n) is 3.33. The van der Waals surface area contributed by atoms with Crippen molar-refractivity contribution in [1.29, 1.82) is 0 Å². The van der Waals surface area contributed by atoms with Crippen LogP contribution in [0.15, 0.2) is 24.4 Å². The normalized spacial score (nSPS) is 19.8. The standard InChI is InChI=1S/C16H15FN4O2/c17-9-3-4-10-11(7-15(22)19-13(10)6-9)16(23)21-5-1-2-12-14(21)8-18-20-12/h3-4,6,8,11H,1-2,5,7H2,(H,18,20)(H,19,22). The Hall–Kier alpha value is -2.70. The minimum atomic E-state index is -0.597. The fraction of sp³-hybridized carbons (Fsp3) is 0.312. The first-order valence-electron chi connectivity index (χ1n) is 7.56. The summed E-state index contributed by atoms with van der Waals surface area (Å²) in [6.07, 6.45) is 3.41. The second-order valence-electron chi connectivity index (χ2n) is 5.86. The highest BCUT2D eigenvalue weighted by Gasteiger charge is 2.36. The summed E-state index contributed by atoms with van der Waals surface area (Å²) in [5.41, 5.74) is 2.75. The molecule has 0 radical (unpaired) electrons. The molecule has 118 valence electrons. The molecular weight excluding hydrogens is 299 g/mol. The van der Waals surface area contributed by atoms with Gasteiger partial charge in [-0.1, -0.05) is 6.07 Å². The average Bonchev–Trinajstić information content (AvgIpc) is 3.01. The minimum absolute atomic E-state index is 0.0706. The molecule has 1 aromatic heterocycles. The first kappa shape index (κ1) is 13.9. The first-order chi connectivity index (χ1) is 11.1. The third-order valence-electron chi connectivity index (χ3n) is 4.41. The Morgan fingerprint density at radius 3 is 3.13 bits per heavy atom. The van der Waals surface area contributed by atoms with E-state index in [1.54, 1.807) is 17.2 Å². The van der Waals surface area contributed by atoms with Crippen LogP contribution in [0.2, 0.25) is 0 Å². The monoisotopic (exact) mass is 314 g/mol. The van der Waals surface area contributed by atoms with E-state index in [1.165, 1.54) is 12.1 Å². The highest BCUT2D eigenvalue weighted by atomic mass is 19.1. The summed E-state index contributed by atoms with van der Waals surface area (Å²) in [7, 11) is 0. The topological polar surface area (TPSA) is 78.1 Å². The number of nitrogens with zero attached hydrogens (tertiary/aromatic N) is 2.